The van der Waals surface area contributed by atoms with Crippen molar-refractivity contribution in [3.8, 4) is 0 Å². The predicted octanol–water partition coefficient (Wildman–Crippen LogP) is 3.27. The summed E-state index contributed by atoms with van der Waals surface area (Å²) in [6.45, 7) is 2.09. The second-order valence-corrected chi connectivity index (χ2v) is 5.32. The van der Waals surface area contributed by atoms with Crippen molar-refractivity contribution in [3.05, 3.63) is 11.9 Å². The van der Waals surface area contributed by atoms with Gasteiger partial charge >= 0.3 is 0 Å². The fourth-order valence-corrected chi connectivity index (χ4v) is 2.82. The smallest absolute Gasteiger partial charge is 0.203 e. The number of anilines is 1. The normalized spacial score (nSPS) is 22.3. The number of nitrogens with zero attached hydrogens (tertiary/aromatic N) is 2. The molecule has 2 fully saturated rings. The van der Waals surface area contributed by atoms with Crippen LogP contribution in [-0.2, 0) is 0 Å². The first kappa shape index (κ1) is 10.2. The summed E-state index contributed by atoms with van der Waals surface area (Å²) in [5.74, 6) is 1.12. The first-order valence-corrected chi connectivity index (χ1v) is 6.65. The van der Waals surface area contributed by atoms with Crippen LogP contribution in [-0.4, -0.2) is 15.6 Å². The maximum Gasteiger partial charge on any atom is 0.203 e. The molecule has 1 heterocycles. The number of hydrogen-bond donors (Lipinski definition) is 1. The van der Waals surface area contributed by atoms with Crippen molar-refractivity contribution in [1.29, 1.82) is 0 Å². The van der Waals surface area contributed by atoms with E-state index in [0.717, 1.165) is 11.6 Å². The number of imidazole rings is 1. The average Bonchev–Trinajstić information content (AvgIpc) is 2.75. The summed E-state index contributed by atoms with van der Waals surface area (Å²) in [4.78, 5) is 4.63. The summed E-state index contributed by atoms with van der Waals surface area (Å²) in [5.41, 5.74) is 1.15. The number of nitrogens with one attached hydrogen (secondary N) is 1. The van der Waals surface area contributed by atoms with E-state index in [4.69, 9.17) is 0 Å². The maximum atomic E-state index is 4.63. The Morgan fingerprint density at radius 3 is 2.56 bits per heavy atom. The van der Waals surface area contributed by atoms with Crippen molar-refractivity contribution >= 4 is 5.95 Å². The molecule has 2 aliphatic rings. The Morgan fingerprint density at radius 2 is 1.94 bits per heavy atom. The van der Waals surface area contributed by atoms with Crippen molar-refractivity contribution in [3.63, 3.8) is 0 Å². The molecule has 0 bridgehead atoms. The van der Waals surface area contributed by atoms with Crippen molar-refractivity contribution in [2.45, 2.75) is 64.0 Å². The third kappa shape index (κ3) is 1.83. The van der Waals surface area contributed by atoms with Crippen LogP contribution in [0, 0.1) is 6.92 Å². The predicted molar refractivity (Wildman–Crippen MR) is 65.7 cm³/mol. The molecule has 3 nitrogen and oxygen atoms in total. The fraction of sp³-hybridized carbons (Fsp3) is 0.769. The minimum absolute atomic E-state index is 0.667. The molecule has 0 spiro atoms. The molecular weight excluding hydrogens is 198 g/mol. The van der Waals surface area contributed by atoms with Gasteiger partial charge in [0.1, 0.15) is 0 Å². The van der Waals surface area contributed by atoms with E-state index in [1.54, 1.807) is 0 Å². The minimum atomic E-state index is 0.667. The molecule has 0 radical (unpaired) electrons. The van der Waals surface area contributed by atoms with Crippen molar-refractivity contribution in [2.24, 2.45) is 0 Å². The third-order valence-electron chi connectivity index (χ3n) is 4.01. The minimum Gasteiger partial charge on any atom is -0.353 e. The van der Waals surface area contributed by atoms with E-state index in [2.05, 4.69) is 28.0 Å². The van der Waals surface area contributed by atoms with Crippen LogP contribution < -0.4 is 5.32 Å². The van der Waals surface area contributed by atoms with Gasteiger partial charge in [0.05, 0.1) is 5.69 Å². The molecule has 0 saturated heterocycles. The Kier molecular flexibility index (Phi) is 2.62. The van der Waals surface area contributed by atoms with Crippen LogP contribution in [0.1, 0.15) is 56.7 Å². The van der Waals surface area contributed by atoms with E-state index in [1.165, 1.54) is 44.9 Å². The first-order valence-electron chi connectivity index (χ1n) is 6.65. The molecule has 3 heteroatoms. The Labute approximate surface area is 97.3 Å². The molecule has 2 saturated carbocycles. The number of aromatic nitrogens is 2. The van der Waals surface area contributed by atoms with Gasteiger partial charge in [-0.3, -0.25) is 0 Å². The van der Waals surface area contributed by atoms with E-state index in [-0.39, 0.29) is 0 Å². The van der Waals surface area contributed by atoms with Gasteiger partial charge in [0.15, 0.2) is 0 Å². The number of rotatable bonds is 3. The maximum absolute atomic E-state index is 4.63. The SMILES string of the molecule is Cc1cn(C2CCC2)c(NC2CCCC2)n1. The Balaban J connectivity index is 1.76. The third-order valence-corrected chi connectivity index (χ3v) is 4.01. The summed E-state index contributed by atoms with van der Waals surface area (Å²) in [6, 6.07) is 1.38. The summed E-state index contributed by atoms with van der Waals surface area (Å²) in [7, 11) is 0. The molecule has 0 amide bonds. The molecule has 3 rings (SSSR count). The average molecular weight is 219 g/mol. The van der Waals surface area contributed by atoms with E-state index >= 15 is 0 Å². The summed E-state index contributed by atoms with van der Waals surface area (Å²) < 4.78 is 2.37. The Bertz CT molecular complexity index is 359. The first-order chi connectivity index (χ1) is 7.83. The van der Waals surface area contributed by atoms with Crippen LogP contribution >= 0.6 is 0 Å². The highest BCUT2D eigenvalue weighted by molar-refractivity contribution is 5.31. The lowest BCUT2D eigenvalue weighted by atomic mass is 9.93. The van der Waals surface area contributed by atoms with Gasteiger partial charge in [-0.05, 0) is 39.0 Å². The zero-order chi connectivity index (χ0) is 11.0. The van der Waals surface area contributed by atoms with Crippen molar-refractivity contribution in [2.75, 3.05) is 5.32 Å². The molecule has 1 aromatic heterocycles. The molecule has 0 aromatic carbocycles. The van der Waals surface area contributed by atoms with E-state index in [1.807, 2.05) is 0 Å². The molecule has 0 atom stereocenters. The van der Waals surface area contributed by atoms with Crippen LogP contribution in [0.5, 0.6) is 0 Å². The van der Waals surface area contributed by atoms with Crippen LogP contribution in [0.3, 0.4) is 0 Å². The quantitative estimate of drug-likeness (QED) is 0.845. The van der Waals surface area contributed by atoms with Gasteiger partial charge in [0, 0.05) is 18.3 Å². The van der Waals surface area contributed by atoms with E-state index < -0.39 is 0 Å². The van der Waals surface area contributed by atoms with Gasteiger partial charge in [-0.1, -0.05) is 12.8 Å². The van der Waals surface area contributed by atoms with Gasteiger partial charge < -0.3 is 9.88 Å². The highest BCUT2D eigenvalue weighted by atomic mass is 15.2. The van der Waals surface area contributed by atoms with Gasteiger partial charge in [0.2, 0.25) is 5.95 Å². The lowest BCUT2D eigenvalue weighted by molar-refractivity contribution is 0.316. The molecular formula is C13H21N3. The van der Waals surface area contributed by atoms with Crippen LogP contribution in [0.25, 0.3) is 0 Å². The molecule has 2 aliphatic carbocycles. The van der Waals surface area contributed by atoms with Gasteiger partial charge in [-0.2, -0.15) is 0 Å². The molecule has 0 unspecified atom stereocenters. The molecule has 1 N–H and O–H groups in total. The number of hydrogen-bond acceptors (Lipinski definition) is 2. The fourth-order valence-electron chi connectivity index (χ4n) is 2.82. The van der Waals surface area contributed by atoms with Gasteiger partial charge in [0.25, 0.3) is 0 Å². The van der Waals surface area contributed by atoms with Gasteiger partial charge in [-0.15, -0.1) is 0 Å². The van der Waals surface area contributed by atoms with Gasteiger partial charge in [-0.25, -0.2) is 4.98 Å². The largest absolute Gasteiger partial charge is 0.353 e. The lowest BCUT2D eigenvalue weighted by Gasteiger charge is -2.29. The molecule has 88 valence electrons. The number of aryl methyl sites for hydroxylation is 1. The Morgan fingerprint density at radius 1 is 1.19 bits per heavy atom. The Hall–Kier alpha value is -0.990. The van der Waals surface area contributed by atoms with Crippen LogP contribution in [0.15, 0.2) is 6.20 Å². The summed E-state index contributed by atoms with van der Waals surface area (Å²) in [6.07, 6.45) is 11.6. The summed E-state index contributed by atoms with van der Waals surface area (Å²) in [5, 5.41) is 3.63. The molecule has 1 aromatic rings. The zero-order valence-electron chi connectivity index (χ0n) is 10.1. The standard InChI is InChI=1S/C13H21N3/c1-10-9-16(12-7-4-8-12)13(14-10)15-11-5-2-3-6-11/h9,11-12H,2-8H2,1H3,(H,14,15). The zero-order valence-corrected chi connectivity index (χ0v) is 10.1. The molecule has 16 heavy (non-hydrogen) atoms. The second-order valence-electron chi connectivity index (χ2n) is 5.32. The highest BCUT2D eigenvalue weighted by Crippen LogP contribution is 2.34. The highest BCUT2D eigenvalue weighted by Gasteiger charge is 2.24. The summed E-state index contributed by atoms with van der Waals surface area (Å²) >= 11 is 0. The van der Waals surface area contributed by atoms with Crippen LogP contribution in [0.2, 0.25) is 0 Å². The molecule has 0 aliphatic heterocycles. The topological polar surface area (TPSA) is 29.9 Å². The van der Waals surface area contributed by atoms with E-state index in [0.29, 0.717) is 12.1 Å². The lowest BCUT2D eigenvalue weighted by Crippen LogP contribution is -2.22. The monoisotopic (exact) mass is 219 g/mol. The second kappa shape index (κ2) is 4.11. The van der Waals surface area contributed by atoms with Crippen LogP contribution in [0.4, 0.5) is 5.95 Å². The van der Waals surface area contributed by atoms with E-state index in [9.17, 15) is 0 Å². The van der Waals surface area contributed by atoms with Crippen molar-refractivity contribution in [1.82, 2.24) is 9.55 Å². The van der Waals surface area contributed by atoms with Crippen molar-refractivity contribution < 1.29 is 0 Å².